The monoisotopic (exact) mass is 386 g/mol. The third-order valence-corrected chi connectivity index (χ3v) is 6.53. The van der Waals surface area contributed by atoms with Crippen molar-refractivity contribution in [3.63, 3.8) is 0 Å². The Morgan fingerprint density at radius 2 is 1.75 bits per heavy atom. The van der Waals surface area contributed by atoms with E-state index in [4.69, 9.17) is 10.5 Å². The summed E-state index contributed by atoms with van der Waals surface area (Å²) in [5.74, 6) is -0.101. The first-order valence-corrected chi connectivity index (χ1v) is 10.3. The van der Waals surface area contributed by atoms with Crippen LogP contribution < -0.4 is 10.6 Å². The Balaban J connectivity index is 1.39. The quantitative estimate of drug-likeness (QED) is 0.821. The summed E-state index contributed by atoms with van der Waals surface area (Å²) in [6.45, 7) is 5.37. The van der Waals surface area contributed by atoms with Crippen LogP contribution in [-0.4, -0.2) is 79.6 Å². The van der Waals surface area contributed by atoms with E-state index in [9.17, 15) is 9.59 Å². The first-order valence-electron chi connectivity index (χ1n) is 10.3. The van der Waals surface area contributed by atoms with Crippen molar-refractivity contribution in [1.29, 1.82) is 0 Å². The van der Waals surface area contributed by atoms with Gasteiger partial charge in [0.15, 0.2) is 0 Å². The molecule has 2 fully saturated rings. The molecule has 3 heterocycles. The number of likely N-dealkylation sites (tertiary alicyclic amines) is 1. The van der Waals surface area contributed by atoms with Gasteiger partial charge in [-0.3, -0.25) is 19.4 Å². The van der Waals surface area contributed by atoms with Crippen LogP contribution in [0.15, 0.2) is 24.3 Å². The number of morpholine rings is 1. The number of fused-ring (bicyclic) bond motifs is 1. The zero-order chi connectivity index (χ0) is 19.6. The van der Waals surface area contributed by atoms with Gasteiger partial charge in [-0.2, -0.15) is 0 Å². The molecule has 152 valence electrons. The molecule has 0 bridgehead atoms. The molecule has 7 nitrogen and oxygen atoms in total. The van der Waals surface area contributed by atoms with E-state index in [0.29, 0.717) is 45.7 Å². The summed E-state index contributed by atoms with van der Waals surface area (Å²) < 4.78 is 5.43. The lowest BCUT2D eigenvalue weighted by Gasteiger charge is -2.48. The van der Waals surface area contributed by atoms with Crippen LogP contribution in [0.25, 0.3) is 0 Å². The maximum atomic E-state index is 13.0. The molecule has 1 aromatic carbocycles. The molecule has 3 aliphatic heterocycles. The number of nitrogens with two attached hydrogens (primary N) is 1. The van der Waals surface area contributed by atoms with Gasteiger partial charge in [-0.25, -0.2) is 0 Å². The number of anilines is 1. The lowest BCUT2D eigenvalue weighted by Crippen LogP contribution is -2.64. The molecule has 0 atom stereocenters. The van der Waals surface area contributed by atoms with Crippen LogP contribution >= 0.6 is 0 Å². The van der Waals surface area contributed by atoms with Crippen molar-refractivity contribution < 1.29 is 14.3 Å². The number of benzene rings is 1. The lowest BCUT2D eigenvalue weighted by molar-refractivity contribution is -0.138. The fraction of sp³-hybridized carbons (Fsp3) is 0.619. The van der Waals surface area contributed by atoms with Crippen LogP contribution in [0.3, 0.4) is 0 Å². The highest BCUT2D eigenvalue weighted by Gasteiger charge is 2.45. The van der Waals surface area contributed by atoms with Gasteiger partial charge >= 0.3 is 0 Å². The second kappa shape index (κ2) is 8.19. The molecule has 0 aliphatic carbocycles. The van der Waals surface area contributed by atoms with Crippen molar-refractivity contribution in [2.24, 2.45) is 5.73 Å². The summed E-state index contributed by atoms with van der Waals surface area (Å²) in [5, 5.41) is 0. The number of carbonyl (C=O) groups is 2. The van der Waals surface area contributed by atoms with Crippen molar-refractivity contribution in [1.82, 2.24) is 9.80 Å². The van der Waals surface area contributed by atoms with E-state index in [2.05, 4.69) is 15.9 Å². The van der Waals surface area contributed by atoms with Crippen LogP contribution in [0.2, 0.25) is 0 Å². The molecular formula is C21H30N4O3. The first-order chi connectivity index (χ1) is 13.6. The number of nitrogens with zero attached hydrogens (tertiary/aromatic N) is 3. The molecule has 1 aromatic rings. The number of para-hydroxylation sites is 1. The molecule has 0 radical (unpaired) electrons. The molecule has 2 N–H and O–H groups in total. The van der Waals surface area contributed by atoms with Gasteiger partial charge < -0.3 is 15.4 Å². The number of rotatable bonds is 4. The van der Waals surface area contributed by atoms with E-state index in [1.165, 1.54) is 5.56 Å². The maximum Gasteiger partial charge on any atom is 0.241 e. The minimum Gasteiger partial charge on any atom is -0.379 e. The SMILES string of the molecule is NC(=O)C1(N2CCOCC2)CCN(CC(=O)N2CCCc3ccccc32)CC1. The van der Waals surface area contributed by atoms with Gasteiger partial charge in [0.25, 0.3) is 0 Å². The van der Waals surface area contributed by atoms with Crippen molar-refractivity contribution in [2.45, 2.75) is 31.2 Å². The summed E-state index contributed by atoms with van der Waals surface area (Å²) in [6, 6.07) is 8.18. The number of ether oxygens (including phenoxy) is 1. The zero-order valence-electron chi connectivity index (χ0n) is 16.4. The molecule has 0 spiro atoms. The van der Waals surface area contributed by atoms with Gasteiger partial charge in [0.05, 0.1) is 19.8 Å². The second-order valence-corrected chi connectivity index (χ2v) is 8.05. The number of amides is 2. The molecule has 4 rings (SSSR count). The second-order valence-electron chi connectivity index (χ2n) is 8.05. The molecule has 2 saturated heterocycles. The number of hydrogen-bond acceptors (Lipinski definition) is 5. The Labute approximate surface area is 166 Å². The van der Waals surface area contributed by atoms with Crippen molar-refractivity contribution in [3.8, 4) is 0 Å². The Morgan fingerprint density at radius 1 is 1.04 bits per heavy atom. The molecule has 2 amide bonds. The number of carbonyl (C=O) groups excluding carboxylic acids is 2. The van der Waals surface area contributed by atoms with Crippen LogP contribution in [0.1, 0.15) is 24.8 Å². The smallest absolute Gasteiger partial charge is 0.241 e. The summed E-state index contributed by atoms with van der Waals surface area (Å²) >= 11 is 0. The van der Waals surface area contributed by atoms with Crippen LogP contribution in [0.4, 0.5) is 5.69 Å². The Morgan fingerprint density at radius 3 is 2.46 bits per heavy atom. The number of piperidine rings is 1. The molecule has 7 heteroatoms. The van der Waals surface area contributed by atoms with E-state index in [1.807, 2.05) is 23.1 Å². The van der Waals surface area contributed by atoms with Crippen LogP contribution in [0.5, 0.6) is 0 Å². The minimum absolute atomic E-state index is 0.144. The van der Waals surface area contributed by atoms with Gasteiger partial charge in [-0.1, -0.05) is 18.2 Å². The fourth-order valence-corrected chi connectivity index (χ4v) is 4.86. The van der Waals surface area contributed by atoms with E-state index in [-0.39, 0.29) is 11.8 Å². The lowest BCUT2D eigenvalue weighted by atomic mass is 9.84. The van der Waals surface area contributed by atoms with Crippen LogP contribution in [-0.2, 0) is 20.7 Å². The van der Waals surface area contributed by atoms with Crippen molar-refractivity contribution in [2.75, 3.05) is 57.4 Å². The molecular weight excluding hydrogens is 356 g/mol. The standard InChI is InChI=1S/C21H30N4O3/c22-20(27)21(24-12-14-28-15-13-24)7-10-23(11-8-21)16-19(26)25-9-3-5-17-4-1-2-6-18(17)25/h1-2,4,6H,3,5,7-16H2,(H2,22,27). The maximum absolute atomic E-state index is 13.0. The number of aryl methyl sites for hydroxylation is 1. The Kier molecular flexibility index (Phi) is 5.66. The number of hydrogen-bond donors (Lipinski definition) is 1. The average molecular weight is 386 g/mol. The van der Waals surface area contributed by atoms with Gasteiger partial charge in [-0.15, -0.1) is 0 Å². The third kappa shape index (κ3) is 3.66. The highest BCUT2D eigenvalue weighted by molar-refractivity contribution is 5.96. The average Bonchev–Trinajstić information content (AvgIpc) is 2.74. The molecule has 3 aliphatic rings. The molecule has 0 saturated carbocycles. The molecule has 0 unspecified atom stereocenters. The largest absolute Gasteiger partial charge is 0.379 e. The van der Waals surface area contributed by atoms with Gasteiger partial charge in [0.2, 0.25) is 11.8 Å². The Hall–Kier alpha value is -1.96. The van der Waals surface area contributed by atoms with Gasteiger partial charge in [-0.05, 0) is 37.3 Å². The third-order valence-electron chi connectivity index (χ3n) is 6.53. The van der Waals surface area contributed by atoms with E-state index >= 15 is 0 Å². The number of primary amides is 1. The normalized spacial score (nSPS) is 23.2. The van der Waals surface area contributed by atoms with Crippen molar-refractivity contribution >= 4 is 17.5 Å². The highest BCUT2D eigenvalue weighted by Crippen LogP contribution is 2.31. The predicted molar refractivity (Wildman–Crippen MR) is 107 cm³/mol. The summed E-state index contributed by atoms with van der Waals surface area (Å²) in [6.07, 6.45) is 3.38. The predicted octanol–water partition coefficient (Wildman–Crippen LogP) is 0.618. The molecule has 28 heavy (non-hydrogen) atoms. The highest BCUT2D eigenvalue weighted by atomic mass is 16.5. The van der Waals surface area contributed by atoms with Gasteiger partial charge in [0.1, 0.15) is 5.54 Å². The first kappa shape index (κ1) is 19.4. The van der Waals surface area contributed by atoms with Crippen LogP contribution in [0, 0.1) is 0 Å². The zero-order valence-corrected chi connectivity index (χ0v) is 16.4. The summed E-state index contributed by atoms with van der Waals surface area (Å²) in [7, 11) is 0. The van der Waals surface area contributed by atoms with E-state index < -0.39 is 5.54 Å². The Bertz CT molecular complexity index is 724. The summed E-state index contributed by atoms with van der Waals surface area (Å²) in [5.41, 5.74) is 7.54. The summed E-state index contributed by atoms with van der Waals surface area (Å²) in [4.78, 5) is 31.6. The van der Waals surface area contributed by atoms with Gasteiger partial charge in [0, 0.05) is 38.4 Å². The van der Waals surface area contributed by atoms with Crippen molar-refractivity contribution in [3.05, 3.63) is 29.8 Å². The fourth-order valence-electron chi connectivity index (χ4n) is 4.86. The van der Waals surface area contributed by atoms with E-state index in [0.717, 1.165) is 38.2 Å². The topological polar surface area (TPSA) is 79.1 Å². The minimum atomic E-state index is -0.596. The van der Waals surface area contributed by atoms with E-state index in [1.54, 1.807) is 0 Å². The molecule has 0 aromatic heterocycles.